The minimum Gasteiger partial charge on any atom is -0.462 e. The normalized spacial score (nSPS) is 12.8. The quantitative estimate of drug-likeness (QED) is 0.0261. The summed E-state index contributed by atoms with van der Waals surface area (Å²) in [5.74, 6) is -0.924. The van der Waals surface area contributed by atoms with Crippen LogP contribution in [-0.2, 0) is 28.6 Å². The third-order valence-electron chi connectivity index (χ3n) is 15.0. The SMILES string of the molecule is CC/C=C\C/C=C\C/C=C\C/C=C\C/C=C\C/C=C\C/C=C\C/C=C\CCCCC(=O)OCC(COC(=O)CCCCCCCCCCCCCCCCCC)OC(=O)CCCCCCCCCCC/C=C\CCCCCCCCCC. The predicted octanol–water partition coefficient (Wildman–Crippen LogP) is 24.2. The van der Waals surface area contributed by atoms with Crippen molar-refractivity contribution in [2.75, 3.05) is 13.2 Å². The third-order valence-corrected chi connectivity index (χ3v) is 15.0. The largest absolute Gasteiger partial charge is 0.462 e. The number of carbonyl (C=O) groups is 3. The van der Waals surface area contributed by atoms with E-state index in [2.05, 4.69) is 130 Å². The number of hydrogen-bond donors (Lipinski definition) is 0. The molecule has 0 aromatic carbocycles. The van der Waals surface area contributed by atoms with E-state index < -0.39 is 6.10 Å². The van der Waals surface area contributed by atoms with E-state index in [0.29, 0.717) is 19.3 Å². The maximum atomic E-state index is 13.0. The molecular weight excluding hydrogens is 1010 g/mol. The van der Waals surface area contributed by atoms with Crippen LogP contribution in [0.3, 0.4) is 0 Å². The van der Waals surface area contributed by atoms with Gasteiger partial charge in [-0.15, -0.1) is 0 Å². The Labute approximate surface area is 508 Å². The first-order chi connectivity index (χ1) is 40.5. The highest BCUT2D eigenvalue weighted by atomic mass is 16.6. The lowest BCUT2D eigenvalue weighted by Gasteiger charge is -2.18. The monoisotopic (exact) mass is 1140 g/mol. The molecule has 0 saturated carbocycles. The van der Waals surface area contributed by atoms with Gasteiger partial charge in [0.15, 0.2) is 6.10 Å². The van der Waals surface area contributed by atoms with E-state index in [1.54, 1.807) is 0 Å². The van der Waals surface area contributed by atoms with Crippen LogP contribution in [0.1, 0.15) is 335 Å². The zero-order chi connectivity index (χ0) is 59.2. The summed E-state index contributed by atoms with van der Waals surface area (Å²) in [4.78, 5) is 38.4. The topological polar surface area (TPSA) is 78.9 Å². The summed E-state index contributed by atoms with van der Waals surface area (Å²) in [5.41, 5.74) is 0. The van der Waals surface area contributed by atoms with Crippen molar-refractivity contribution in [2.24, 2.45) is 0 Å². The van der Waals surface area contributed by atoms with Gasteiger partial charge >= 0.3 is 17.9 Å². The van der Waals surface area contributed by atoms with Gasteiger partial charge in [0.2, 0.25) is 0 Å². The molecular formula is C76H130O6. The molecule has 6 nitrogen and oxygen atoms in total. The van der Waals surface area contributed by atoms with Crippen LogP contribution < -0.4 is 0 Å². The molecule has 0 aliphatic rings. The minimum atomic E-state index is -0.799. The lowest BCUT2D eigenvalue weighted by molar-refractivity contribution is -0.167. The van der Waals surface area contributed by atoms with E-state index in [4.69, 9.17) is 14.2 Å². The van der Waals surface area contributed by atoms with Crippen molar-refractivity contribution in [3.05, 3.63) is 109 Å². The highest BCUT2D eigenvalue weighted by molar-refractivity contribution is 5.71. The highest BCUT2D eigenvalue weighted by Crippen LogP contribution is 2.17. The summed E-state index contributed by atoms with van der Waals surface area (Å²) < 4.78 is 17.0. The molecule has 1 atom stereocenters. The Balaban J connectivity index is 4.44. The number of allylic oxidation sites excluding steroid dienone is 18. The molecule has 0 radical (unpaired) electrons. The van der Waals surface area contributed by atoms with Gasteiger partial charge < -0.3 is 14.2 Å². The lowest BCUT2D eigenvalue weighted by Crippen LogP contribution is -2.30. The average molecular weight is 1140 g/mol. The van der Waals surface area contributed by atoms with Gasteiger partial charge in [0.05, 0.1) is 0 Å². The third kappa shape index (κ3) is 66.9. The summed E-state index contributed by atoms with van der Waals surface area (Å²) in [6.45, 7) is 6.53. The van der Waals surface area contributed by atoms with E-state index in [1.807, 2.05) is 0 Å². The molecule has 82 heavy (non-hydrogen) atoms. The highest BCUT2D eigenvalue weighted by Gasteiger charge is 2.19. The standard InChI is InChI=1S/C76H130O6/c1-4-7-10-13-16-19-22-25-28-31-33-35-36-37-38-39-40-42-43-45-48-51-54-57-60-63-66-69-75(78)81-72-73(71-80-74(77)68-65-62-59-56-53-50-47-30-27-24-21-18-15-12-9-6-3)82-76(79)70-67-64-61-58-55-52-49-46-44-41-34-32-29-26-23-20-17-14-11-8-5-2/h7,10,16,19,25,28,32-35,37-38,40,42,45,48,54,57,73H,4-6,8-9,11-15,17-18,20-24,26-27,29-31,36,39,41,43-44,46-47,49-53,55-56,58-72H2,1-3H3/b10-7-,19-16-,28-25-,34-32-,35-33-,38-37-,42-40-,48-45-,57-54-. The number of carbonyl (C=O) groups excluding carboxylic acids is 3. The van der Waals surface area contributed by atoms with Gasteiger partial charge in [-0.3, -0.25) is 14.4 Å². The number of ether oxygens (including phenoxy) is 3. The number of unbranched alkanes of at least 4 members (excludes halogenated alkanes) is 34. The molecule has 0 saturated heterocycles. The average Bonchev–Trinajstić information content (AvgIpc) is 3.47. The fraction of sp³-hybridized carbons (Fsp3) is 0.724. The number of esters is 3. The lowest BCUT2D eigenvalue weighted by atomic mass is 10.0. The van der Waals surface area contributed by atoms with Gasteiger partial charge in [-0.1, -0.05) is 316 Å². The zero-order valence-electron chi connectivity index (χ0n) is 54.0. The van der Waals surface area contributed by atoms with Crippen molar-refractivity contribution in [1.82, 2.24) is 0 Å². The van der Waals surface area contributed by atoms with Crippen LogP contribution >= 0.6 is 0 Å². The van der Waals surface area contributed by atoms with Crippen molar-refractivity contribution in [3.63, 3.8) is 0 Å². The second kappa shape index (κ2) is 69.6. The summed E-state index contributed by atoms with van der Waals surface area (Å²) in [6.07, 6.45) is 95.3. The molecule has 0 aliphatic heterocycles. The molecule has 0 aromatic rings. The molecule has 0 aliphatic carbocycles. The maximum absolute atomic E-state index is 13.0. The first-order valence-electron chi connectivity index (χ1n) is 34.9. The predicted molar refractivity (Wildman–Crippen MR) is 357 cm³/mol. The number of hydrogen-bond acceptors (Lipinski definition) is 6. The Morgan fingerprint density at radius 1 is 0.256 bits per heavy atom. The van der Waals surface area contributed by atoms with Gasteiger partial charge in [-0.25, -0.2) is 0 Å². The van der Waals surface area contributed by atoms with Gasteiger partial charge in [-0.2, -0.15) is 0 Å². The Bertz CT molecular complexity index is 1640. The minimum absolute atomic E-state index is 0.0903. The molecule has 0 amide bonds. The fourth-order valence-electron chi connectivity index (χ4n) is 9.81. The van der Waals surface area contributed by atoms with E-state index in [1.165, 1.54) is 186 Å². The van der Waals surface area contributed by atoms with E-state index in [9.17, 15) is 14.4 Å². The Hall–Kier alpha value is -3.93. The molecule has 0 N–H and O–H groups in total. The summed E-state index contributed by atoms with van der Waals surface area (Å²) in [5, 5.41) is 0. The van der Waals surface area contributed by atoms with Crippen molar-refractivity contribution in [3.8, 4) is 0 Å². The fourth-order valence-corrected chi connectivity index (χ4v) is 9.81. The number of rotatable bonds is 63. The van der Waals surface area contributed by atoms with Gasteiger partial charge in [-0.05, 0) is 109 Å². The van der Waals surface area contributed by atoms with E-state index >= 15 is 0 Å². The Morgan fingerprint density at radius 3 is 0.780 bits per heavy atom. The molecule has 0 aromatic heterocycles. The molecule has 470 valence electrons. The van der Waals surface area contributed by atoms with Gasteiger partial charge in [0.25, 0.3) is 0 Å². The molecule has 0 rings (SSSR count). The first kappa shape index (κ1) is 78.1. The van der Waals surface area contributed by atoms with Crippen LogP contribution in [0.15, 0.2) is 109 Å². The molecule has 6 heteroatoms. The second-order valence-corrected chi connectivity index (χ2v) is 23.1. The van der Waals surface area contributed by atoms with Crippen molar-refractivity contribution < 1.29 is 28.6 Å². The van der Waals surface area contributed by atoms with Crippen LogP contribution in [-0.4, -0.2) is 37.2 Å². The second-order valence-electron chi connectivity index (χ2n) is 23.1. The van der Waals surface area contributed by atoms with Gasteiger partial charge in [0, 0.05) is 19.3 Å². The summed E-state index contributed by atoms with van der Waals surface area (Å²) in [6, 6.07) is 0. The molecule has 0 spiro atoms. The molecule has 0 heterocycles. The van der Waals surface area contributed by atoms with E-state index in [0.717, 1.165) is 109 Å². The van der Waals surface area contributed by atoms with Crippen LogP contribution in [0.2, 0.25) is 0 Å². The van der Waals surface area contributed by atoms with Crippen molar-refractivity contribution in [2.45, 2.75) is 341 Å². The smallest absolute Gasteiger partial charge is 0.306 e. The van der Waals surface area contributed by atoms with Crippen molar-refractivity contribution >= 4 is 17.9 Å². The van der Waals surface area contributed by atoms with Crippen LogP contribution in [0.25, 0.3) is 0 Å². The van der Waals surface area contributed by atoms with Crippen LogP contribution in [0, 0.1) is 0 Å². The summed E-state index contributed by atoms with van der Waals surface area (Å²) in [7, 11) is 0. The van der Waals surface area contributed by atoms with Crippen LogP contribution in [0.4, 0.5) is 0 Å². The molecule has 1 unspecified atom stereocenters. The Kier molecular flexibility index (Phi) is 66.2. The maximum Gasteiger partial charge on any atom is 0.306 e. The zero-order valence-corrected chi connectivity index (χ0v) is 54.0. The van der Waals surface area contributed by atoms with Crippen molar-refractivity contribution in [1.29, 1.82) is 0 Å². The van der Waals surface area contributed by atoms with Crippen LogP contribution in [0.5, 0.6) is 0 Å². The summed E-state index contributed by atoms with van der Waals surface area (Å²) >= 11 is 0. The van der Waals surface area contributed by atoms with Gasteiger partial charge in [0.1, 0.15) is 13.2 Å². The first-order valence-corrected chi connectivity index (χ1v) is 34.9. The molecule has 0 bridgehead atoms. The molecule has 0 fully saturated rings. The van der Waals surface area contributed by atoms with E-state index in [-0.39, 0.29) is 31.1 Å². The Morgan fingerprint density at radius 2 is 0.476 bits per heavy atom.